The minimum absolute atomic E-state index is 0.326. The molecule has 0 amide bonds. The Morgan fingerprint density at radius 3 is 2.38 bits per heavy atom. The molecule has 0 aromatic heterocycles. The van der Waals surface area contributed by atoms with Crippen LogP contribution in [0.25, 0.3) is 0 Å². The Morgan fingerprint density at radius 1 is 1.19 bits per heavy atom. The third-order valence-electron chi connectivity index (χ3n) is 3.72. The van der Waals surface area contributed by atoms with E-state index in [1.165, 1.54) is 41.5 Å². The van der Waals surface area contributed by atoms with Gasteiger partial charge in [0.05, 0.1) is 0 Å². The van der Waals surface area contributed by atoms with E-state index in [1.54, 1.807) is 0 Å². The van der Waals surface area contributed by atoms with Gasteiger partial charge in [-0.15, -0.1) is 0 Å². The van der Waals surface area contributed by atoms with Crippen molar-refractivity contribution in [3.8, 4) is 0 Å². The van der Waals surface area contributed by atoms with Gasteiger partial charge in [0.2, 0.25) is 0 Å². The van der Waals surface area contributed by atoms with Gasteiger partial charge in [-0.2, -0.15) is 0 Å². The third-order valence-corrected chi connectivity index (χ3v) is 3.72. The van der Waals surface area contributed by atoms with Crippen LogP contribution in [0, 0.1) is 26.7 Å². The fourth-order valence-corrected chi connectivity index (χ4v) is 2.33. The molecule has 1 fully saturated rings. The Balaban J connectivity index is 2.25. The highest BCUT2D eigenvalue weighted by Crippen LogP contribution is 2.38. The van der Waals surface area contributed by atoms with Crippen LogP contribution in [0.15, 0.2) is 12.1 Å². The standard InChI is InChI=1S/C14H22N2/c1-9-6-11(3)13(7-10(9)2)14(16-15)8-12-4-5-12/h6-7,12,14,16H,4-5,8,15H2,1-3H3. The molecule has 1 unspecified atom stereocenters. The molecule has 1 atom stereocenters. The molecule has 1 aliphatic carbocycles. The van der Waals surface area contributed by atoms with Gasteiger partial charge in [0.15, 0.2) is 0 Å². The summed E-state index contributed by atoms with van der Waals surface area (Å²) in [5.41, 5.74) is 8.43. The predicted molar refractivity (Wildman–Crippen MR) is 68.1 cm³/mol. The number of hydrogen-bond acceptors (Lipinski definition) is 2. The number of aryl methyl sites for hydroxylation is 3. The van der Waals surface area contributed by atoms with E-state index in [0.717, 1.165) is 5.92 Å². The van der Waals surface area contributed by atoms with Gasteiger partial charge in [0.1, 0.15) is 0 Å². The van der Waals surface area contributed by atoms with E-state index >= 15 is 0 Å². The summed E-state index contributed by atoms with van der Waals surface area (Å²) in [7, 11) is 0. The first-order chi connectivity index (χ1) is 7.61. The fraction of sp³-hybridized carbons (Fsp3) is 0.571. The topological polar surface area (TPSA) is 38.0 Å². The number of hydrogen-bond donors (Lipinski definition) is 2. The first-order valence-corrected chi connectivity index (χ1v) is 6.15. The second-order valence-electron chi connectivity index (χ2n) is 5.19. The van der Waals surface area contributed by atoms with Gasteiger partial charge in [0.25, 0.3) is 0 Å². The number of hydrazine groups is 1. The average molecular weight is 218 g/mol. The van der Waals surface area contributed by atoms with E-state index in [2.05, 4.69) is 38.3 Å². The van der Waals surface area contributed by atoms with E-state index in [0.29, 0.717) is 6.04 Å². The second-order valence-corrected chi connectivity index (χ2v) is 5.19. The maximum absolute atomic E-state index is 5.69. The number of nitrogens with one attached hydrogen (secondary N) is 1. The number of benzene rings is 1. The van der Waals surface area contributed by atoms with Gasteiger partial charge in [-0.1, -0.05) is 25.0 Å². The molecule has 0 heterocycles. The lowest BCUT2D eigenvalue weighted by Crippen LogP contribution is -2.29. The third kappa shape index (κ3) is 2.45. The van der Waals surface area contributed by atoms with Crippen molar-refractivity contribution in [3.63, 3.8) is 0 Å². The molecule has 0 spiro atoms. The zero-order valence-electron chi connectivity index (χ0n) is 10.5. The molecule has 2 rings (SSSR count). The summed E-state index contributed by atoms with van der Waals surface area (Å²) in [4.78, 5) is 0. The Morgan fingerprint density at radius 2 is 1.81 bits per heavy atom. The van der Waals surface area contributed by atoms with Crippen LogP contribution in [0.5, 0.6) is 0 Å². The molecule has 88 valence electrons. The Hall–Kier alpha value is -0.860. The minimum Gasteiger partial charge on any atom is -0.271 e. The summed E-state index contributed by atoms with van der Waals surface area (Å²) in [6.07, 6.45) is 3.93. The van der Waals surface area contributed by atoms with E-state index in [-0.39, 0.29) is 0 Å². The monoisotopic (exact) mass is 218 g/mol. The van der Waals surface area contributed by atoms with E-state index < -0.39 is 0 Å². The molecule has 16 heavy (non-hydrogen) atoms. The van der Waals surface area contributed by atoms with E-state index in [9.17, 15) is 0 Å². The van der Waals surface area contributed by atoms with Gasteiger partial charge in [-0.25, -0.2) is 0 Å². The Kier molecular flexibility index (Phi) is 3.31. The van der Waals surface area contributed by atoms with Gasteiger partial charge in [-0.3, -0.25) is 11.3 Å². The van der Waals surface area contributed by atoms with Gasteiger partial charge < -0.3 is 0 Å². The van der Waals surface area contributed by atoms with Gasteiger partial charge in [0, 0.05) is 6.04 Å². The highest BCUT2D eigenvalue weighted by atomic mass is 15.2. The van der Waals surface area contributed by atoms with E-state index in [1.807, 2.05) is 0 Å². The largest absolute Gasteiger partial charge is 0.271 e. The zero-order chi connectivity index (χ0) is 11.7. The maximum Gasteiger partial charge on any atom is 0.0465 e. The molecule has 1 aromatic rings. The lowest BCUT2D eigenvalue weighted by atomic mass is 9.93. The number of rotatable bonds is 4. The molecule has 0 radical (unpaired) electrons. The molecule has 0 aliphatic heterocycles. The molecular formula is C14H22N2. The molecule has 3 N–H and O–H groups in total. The molecule has 0 saturated heterocycles. The fourth-order valence-electron chi connectivity index (χ4n) is 2.33. The molecule has 2 heteroatoms. The zero-order valence-corrected chi connectivity index (χ0v) is 10.5. The van der Waals surface area contributed by atoms with Crippen LogP contribution in [-0.4, -0.2) is 0 Å². The van der Waals surface area contributed by atoms with Crippen LogP contribution in [0.1, 0.15) is 47.6 Å². The first kappa shape index (κ1) is 11.6. The predicted octanol–water partition coefficient (Wildman–Crippen LogP) is 2.92. The van der Waals surface area contributed by atoms with Crippen molar-refractivity contribution in [2.45, 2.75) is 46.1 Å². The first-order valence-electron chi connectivity index (χ1n) is 6.15. The SMILES string of the molecule is Cc1cc(C)c(C(CC2CC2)NN)cc1C. The summed E-state index contributed by atoms with van der Waals surface area (Å²) >= 11 is 0. The Bertz CT molecular complexity index is 381. The maximum atomic E-state index is 5.69. The van der Waals surface area contributed by atoms with Crippen LogP contribution in [-0.2, 0) is 0 Å². The summed E-state index contributed by atoms with van der Waals surface area (Å²) in [6.45, 7) is 6.51. The summed E-state index contributed by atoms with van der Waals surface area (Å²) in [5.74, 6) is 6.58. The molecule has 0 bridgehead atoms. The second kappa shape index (κ2) is 4.56. The number of nitrogens with two attached hydrogens (primary N) is 1. The van der Waals surface area contributed by atoms with E-state index in [4.69, 9.17) is 5.84 Å². The summed E-state index contributed by atoms with van der Waals surface area (Å²) < 4.78 is 0. The quantitative estimate of drug-likeness (QED) is 0.602. The van der Waals surface area contributed by atoms with Crippen molar-refractivity contribution in [1.82, 2.24) is 5.43 Å². The molecule has 1 aromatic carbocycles. The van der Waals surface area contributed by atoms with Crippen LogP contribution < -0.4 is 11.3 Å². The highest BCUT2D eigenvalue weighted by molar-refractivity contribution is 5.38. The van der Waals surface area contributed by atoms with Crippen LogP contribution in [0.3, 0.4) is 0 Å². The van der Waals surface area contributed by atoms with Gasteiger partial charge >= 0.3 is 0 Å². The Labute approximate surface area is 98.2 Å². The highest BCUT2D eigenvalue weighted by Gasteiger charge is 2.26. The van der Waals surface area contributed by atoms with Crippen molar-refractivity contribution < 1.29 is 0 Å². The van der Waals surface area contributed by atoms with Crippen LogP contribution >= 0.6 is 0 Å². The summed E-state index contributed by atoms with van der Waals surface area (Å²) in [5, 5.41) is 0. The lowest BCUT2D eigenvalue weighted by molar-refractivity contribution is 0.485. The minimum atomic E-state index is 0.326. The van der Waals surface area contributed by atoms with Crippen molar-refractivity contribution in [2.24, 2.45) is 11.8 Å². The van der Waals surface area contributed by atoms with Crippen molar-refractivity contribution >= 4 is 0 Å². The van der Waals surface area contributed by atoms with Crippen LogP contribution in [0.2, 0.25) is 0 Å². The smallest absolute Gasteiger partial charge is 0.0465 e. The van der Waals surface area contributed by atoms with Gasteiger partial charge in [-0.05, 0) is 55.4 Å². The average Bonchev–Trinajstić information content (AvgIpc) is 3.04. The normalized spacial score (nSPS) is 17.5. The molecule has 2 nitrogen and oxygen atoms in total. The van der Waals surface area contributed by atoms with Crippen molar-refractivity contribution in [2.75, 3.05) is 0 Å². The lowest BCUT2D eigenvalue weighted by Gasteiger charge is -2.20. The molecular weight excluding hydrogens is 196 g/mol. The molecule has 1 saturated carbocycles. The summed E-state index contributed by atoms with van der Waals surface area (Å²) in [6, 6.07) is 4.88. The van der Waals surface area contributed by atoms with Crippen molar-refractivity contribution in [3.05, 3.63) is 34.4 Å². The van der Waals surface area contributed by atoms with Crippen molar-refractivity contribution in [1.29, 1.82) is 0 Å². The van der Waals surface area contributed by atoms with Crippen LogP contribution in [0.4, 0.5) is 0 Å². The molecule has 1 aliphatic rings.